The average Bonchev–Trinajstić information content (AvgIpc) is 3.25. The molecule has 1 aliphatic carbocycles. The lowest BCUT2D eigenvalue weighted by Gasteiger charge is -2.38. The van der Waals surface area contributed by atoms with Crippen LogP contribution in [0.3, 0.4) is 0 Å². The van der Waals surface area contributed by atoms with Crippen molar-refractivity contribution in [1.29, 1.82) is 0 Å². The van der Waals surface area contributed by atoms with Crippen LogP contribution in [0.25, 0.3) is 16.8 Å². The van der Waals surface area contributed by atoms with Crippen LogP contribution in [0.4, 0.5) is 20.4 Å². The van der Waals surface area contributed by atoms with E-state index in [1.165, 1.54) is 16.6 Å². The van der Waals surface area contributed by atoms with Crippen LogP contribution >= 0.6 is 0 Å². The quantitative estimate of drug-likeness (QED) is 0.333. The molecule has 1 aliphatic rings. The largest absolute Gasteiger partial charge is 0.491 e. The van der Waals surface area contributed by atoms with E-state index in [0.717, 1.165) is 24.1 Å². The zero-order valence-electron chi connectivity index (χ0n) is 21.9. The topological polar surface area (TPSA) is 99.6 Å². The molecule has 4 unspecified atom stereocenters. The van der Waals surface area contributed by atoms with Gasteiger partial charge in [-0.15, -0.1) is 0 Å². The monoisotopic (exact) mass is 522 g/mol. The molecule has 0 spiro atoms. The molecular formula is C28H32F2N6O2. The SMILES string of the molecule is COC1C(C)CC(c2ccncc2Nc2ncc3ccc(-c4c(F)cc(OC(C)C)cc4F)nn23)CC1N. The van der Waals surface area contributed by atoms with Crippen molar-refractivity contribution in [3.63, 3.8) is 0 Å². The highest BCUT2D eigenvalue weighted by Crippen LogP contribution is 2.40. The third-order valence-electron chi connectivity index (χ3n) is 7.04. The fraction of sp³-hybridized carbons (Fsp3) is 0.393. The number of halogens is 2. The van der Waals surface area contributed by atoms with Crippen molar-refractivity contribution in [2.45, 2.75) is 57.8 Å². The highest BCUT2D eigenvalue weighted by Gasteiger charge is 2.35. The Kier molecular flexibility index (Phi) is 7.27. The van der Waals surface area contributed by atoms with Gasteiger partial charge in [-0.2, -0.15) is 9.61 Å². The van der Waals surface area contributed by atoms with Gasteiger partial charge in [0.2, 0.25) is 5.95 Å². The molecule has 8 nitrogen and oxygen atoms in total. The summed E-state index contributed by atoms with van der Waals surface area (Å²) in [7, 11) is 1.71. The average molecular weight is 523 g/mol. The smallest absolute Gasteiger partial charge is 0.229 e. The normalized spacial score (nSPS) is 21.7. The molecule has 0 amide bonds. The maximum atomic E-state index is 15.0. The van der Waals surface area contributed by atoms with Crippen molar-refractivity contribution < 1.29 is 18.3 Å². The van der Waals surface area contributed by atoms with Gasteiger partial charge in [-0.3, -0.25) is 4.98 Å². The molecule has 4 aromatic rings. The summed E-state index contributed by atoms with van der Waals surface area (Å²) in [5.74, 6) is -0.473. The van der Waals surface area contributed by atoms with Gasteiger partial charge >= 0.3 is 0 Å². The van der Waals surface area contributed by atoms with E-state index in [4.69, 9.17) is 15.2 Å². The molecule has 3 aromatic heterocycles. The van der Waals surface area contributed by atoms with Gasteiger partial charge in [0, 0.05) is 31.5 Å². The number of aromatic nitrogens is 4. The second kappa shape index (κ2) is 10.6. The van der Waals surface area contributed by atoms with E-state index in [1.54, 1.807) is 51.7 Å². The summed E-state index contributed by atoms with van der Waals surface area (Å²) in [6.45, 7) is 5.74. The maximum absolute atomic E-state index is 15.0. The highest BCUT2D eigenvalue weighted by atomic mass is 19.1. The van der Waals surface area contributed by atoms with Gasteiger partial charge in [-0.05, 0) is 62.3 Å². The summed E-state index contributed by atoms with van der Waals surface area (Å²) in [4.78, 5) is 8.77. The first-order valence-electron chi connectivity index (χ1n) is 12.7. The van der Waals surface area contributed by atoms with Gasteiger partial charge in [0.15, 0.2) is 0 Å². The number of hydrogen-bond donors (Lipinski definition) is 2. The molecule has 1 aromatic carbocycles. The number of anilines is 2. The minimum atomic E-state index is -0.756. The fourth-order valence-electron chi connectivity index (χ4n) is 5.45. The molecule has 3 heterocycles. The number of imidazole rings is 1. The van der Waals surface area contributed by atoms with Crippen molar-refractivity contribution in [3.8, 4) is 17.0 Å². The highest BCUT2D eigenvalue weighted by molar-refractivity contribution is 5.66. The third kappa shape index (κ3) is 5.06. The Morgan fingerprint density at radius 2 is 1.87 bits per heavy atom. The van der Waals surface area contributed by atoms with E-state index in [2.05, 4.69) is 27.3 Å². The van der Waals surface area contributed by atoms with Crippen LogP contribution in [-0.4, -0.2) is 44.9 Å². The molecule has 0 saturated heterocycles. The standard InChI is InChI=1S/C28H32F2N6O2/c1-15(2)38-19-11-21(29)26(22(30)12-19)24-6-5-18-13-33-28(36(18)35-24)34-25-14-32-8-7-20(25)17-9-16(3)27(37-4)23(31)10-17/h5-8,11-17,23,27H,9-10,31H2,1-4H3,(H,33,34). The third-order valence-corrected chi connectivity index (χ3v) is 7.04. The van der Waals surface area contributed by atoms with Gasteiger partial charge in [-0.25, -0.2) is 13.8 Å². The number of methoxy groups -OCH3 is 1. The van der Waals surface area contributed by atoms with E-state index < -0.39 is 11.6 Å². The Morgan fingerprint density at radius 3 is 2.55 bits per heavy atom. The lowest BCUT2D eigenvalue weighted by Crippen LogP contribution is -2.45. The molecule has 1 saturated carbocycles. The van der Waals surface area contributed by atoms with E-state index in [1.807, 2.05) is 6.07 Å². The summed E-state index contributed by atoms with van der Waals surface area (Å²) in [6.07, 6.45) is 6.66. The van der Waals surface area contributed by atoms with Crippen LogP contribution in [0.2, 0.25) is 0 Å². The van der Waals surface area contributed by atoms with Crippen molar-refractivity contribution in [2.75, 3.05) is 12.4 Å². The summed E-state index contributed by atoms with van der Waals surface area (Å²) in [5, 5.41) is 7.85. The zero-order valence-corrected chi connectivity index (χ0v) is 21.9. The Bertz CT molecular complexity index is 1410. The number of pyridine rings is 1. The minimum absolute atomic E-state index is 0.0233. The Hall–Kier alpha value is -3.63. The van der Waals surface area contributed by atoms with Crippen LogP contribution in [0.15, 0.2) is 48.9 Å². The summed E-state index contributed by atoms with van der Waals surface area (Å²) < 4.78 is 42.5. The number of hydrogen-bond acceptors (Lipinski definition) is 7. The van der Waals surface area contributed by atoms with Gasteiger partial charge in [0.25, 0.3) is 0 Å². The molecule has 0 aliphatic heterocycles. The molecule has 200 valence electrons. The number of nitrogens with two attached hydrogens (primary N) is 1. The predicted molar refractivity (Wildman–Crippen MR) is 142 cm³/mol. The number of nitrogens with one attached hydrogen (secondary N) is 1. The van der Waals surface area contributed by atoms with E-state index >= 15 is 0 Å². The van der Waals surface area contributed by atoms with Gasteiger partial charge < -0.3 is 20.5 Å². The molecular weight excluding hydrogens is 490 g/mol. The number of benzene rings is 1. The number of nitrogens with zero attached hydrogens (tertiary/aromatic N) is 4. The second-order valence-corrected chi connectivity index (χ2v) is 10.2. The molecule has 5 rings (SSSR count). The van der Waals surface area contributed by atoms with Crippen molar-refractivity contribution >= 4 is 17.2 Å². The number of ether oxygens (including phenoxy) is 2. The summed E-state index contributed by atoms with van der Waals surface area (Å²) in [5.41, 5.74) is 8.86. The number of fused-ring (bicyclic) bond motifs is 1. The molecule has 1 fully saturated rings. The van der Waals surface area contributed by atoms with Crippen molar-refractivity contribution in [3.05, 3.63) is 66.1 Å². The van der Waals surface area contributed by atoms with Crippen LogP contribution in [0.5, 0.6) is 5.75 Å². The first-order valence-corrected chi connectivity index (χ1v) is 12.7. The Labute approximate surface area is 220 Å². The summed E-state index contributed by atoms with van der Waals surface area (Å²) >= 11 is 0. The second-order valence-electron chi connectivity index (χ2n) is 10.2. The molecule has 0 bridgehead atoms. The van der Waals surface area contributed by atoms with Gasteiger partial charge in [0.05, 0.1) is 47.1 Å². The Balaban J connectivity index is 1.47. The molecule has 4 atom stereocenters. The van der Waals surface area contributed by atoms with Crippen molar-refractivity contribution in [2.24, 2.45) is 11.7 Å². The van der Waals surface area contributed by atoms with Crippen molar-refractivity contribution in [1.82, 2.24) is 19.6 Å². The fourth-order valence-corrected chi connectivity index (χ4v) is 5.45. The van der Waals surface area contributed by atoms with Gasteiger partial charge in [-0.1, -0.05) is 6.92 Å². The van der Waals surface area contributed by atoms with E-state index in [9.17, 15) is 8.78 Å². The molecule has 38 heavy (non-hydrogen) atoms. The van der Waals surface area contributed by atoms with Crippen LogP contribution in [0, 0.1) is 17.6 Å². The zero-order chi connectivity index (χ0) is 27.0. The molecule has 0 radical (unpaired) electrons. The van der Waals surface area contributed by atoms with Crippen LogP contribution in [0.1, 0.15) is 45.1 Å². The lowest BCUT2D eigenvalue weighted by atomic mass is 9.74. The van der Waals surface area contributed by atoms with E-state index in [0.29, 0.717) is 17.4 Å². The minimum Gasteiger partial charge on any atom is -0.491 e. The lowest BCUT2D eigenvalue weighted by molar-refractivity contribution is 0.00984. The molecule has 10 heteroatoms. The van der Waals surface area contributed by atoms with E-state index in [-0.39, 0.29) is 41.2 Å². The molecule has 3 N–H and O–H groups in total. The Morgan fingerprint density at radius 1 is 1.11 bits per heavy atom. The van der Waals surface area contributed by atoms with Gasteiger partial charge in [0.1, 0.15) is 17.4 Å². The first kappa shape index (κ1) is 26.0. The predicted octanol–water partition coefficient (Wildman–Crippen LogP) is 5.46. The summed E-state index contributed by atoms with van der Waals surface area (Å²) in [6, 6.07) is 7.53. The maximum Gasteiger partial charge on any atom is 0.229 e. The van der Waals surface area contributed by atoms with Crippen LogP contribution < -0.4 is 15.8 Å². The first-order chi connectivity index (χ1) is 18.2. The number of rotatable bonds is 7. The van der Waals surface area contributed by atoms with Crippen LogP contribution in [-0.2, 0) is 4.74 Å².